The predicted molar refractivity (Wildman–Crippen MR) is 28.7 cm³/mol. The SMILES string of the molecule is CCC(C)=NON. The lowest BCUT2D eigenvalue weighted by molar-refractivity contribution is 0.148. The highest BCUT2D eigenvalue weighted by Crippen LogP contribution is 1.80. The maximum Gasteiger partial charge on any atom is 0.0563 e. The number of oxime groups is 1. The monoisotopic (exact) mass is 102 g/mol. The summed E-state index contributed by atoms with van der Waals surface area (Å²) < 4.78 is 0. The van der Waals surface area contributed by atoms with Crippen molar-refractivity contribution in [1.29, 1.82) is 0 Å². The second-order valence-corrected chi connectivity index (χ2v) is 1.29. The lowest BCUT2D eigenvalue weighted by atomic mass is 10.3. The van der Waals surface area contributed by atoms with Gasteiger partial charge in [-0.2, -0.15) is 0 Å². The molecule has 0 aromatic rings. The van der Waals surface area contributed by atoms with Gasteiger partial charge in [0, 0.05) is 0 Å². The maximum atomic E-state index is 4.62. The summed E-state index contributed by atoms with van der Waals surface area (Å²) in [5.74, 6) is 4.62. The molecule has 3 heteroatoms. The topological polar surface area (TPSA) is 47.6 Å². The Morgan fingerprint density at radius 2 is 2.43 bits per heavy atom. The third kappa shape index (κ3) is 3.26. The van der Waals surface area contributed by atoms with Gasteiger partial charge < -0.3 is 4.94 Å². The Labute approximate surface area is 43.1 Å². The molecule has 0 saturated heterocycles. The molecule has 0 aromatic carbocycles. The van der Waals surface area contributed by atoms with Crippen LogP contribution >= 0.6 is 0 Å². The fourth-order valence-electron chi connectivity index (χ4n) is 0.155. The van der Waals surface area contributed by atoms with Gasteiger partial charge in [-0.25, -0.2) is 0 Å². The van der Waals surface area contributed by atoms with Gasteiger partial charge in [-0.1, -0.05) is 12.1 Å². The Kier molecular flexibility index (Phi) is 3.32. The van der Waals surface area contributed by atoms with E-state index in [1.807, 2.05) is 13.8 Å². The number of hydrogen-bond acceptors (Lipinski definition) is 3. The molecule has 0 aliphatic carbocycles. The van der Waals surface area contributed by atoms with E-state index in [4.69, 9.17) is 0 Å². The summed E-state index contributed by atoms with van der Waals surface area (Å²) in [7, 11) is 0. The van der Waals surface area contributed by atoms with Gasteiger partial charge in [0.2, 0.25) is 0 Å². The summed E-state index contributed by atoms with van der Waals surface area (Å²) in [5, 5.41) is 3.44. The molecule has 3 nitrogen and oxygen atoms in total. The van der Waals surface area contributed by atoms with Crippen LogP contribution in [0, 0.1) is 0 Å². The molecule has 0 heterocycles. The van der Waals surface area contributed by atoms with Crippen LogP contribution < -0.4 is 5.90 Å². The second kappa shape index (κ2) is 3.61. The van der Waals surface area contributed by atoms with Crippen LogP contribution in [0.1, 0.15) is 20.3 Å². The molecule has 0 atom stereocenters. The van der Waals surface area contributed by atoms with Crippen LogP contribution in [-0.2, 0) is 4.94 Å². The Bertz CT molecular complexity index is 70.1. The number of nitrogens with zero attached hydrogens (tertiary/aromatic N) is 1. The second-order valence-electron chi connectivity index (χ2n) is 1.29. The van der Waals surface area contributed by atoms with E-state index in [0.29, 0.717) is 0 Å². The maximum absolute atomic E-state index is 4.62. The van der Waals surface area contributed by atoms with Gasteiger partial charge in [-0.15, -0.1) is 5.90 Å². The van der Waals surface area contributed by atoms with Crippen LogP contribution in [0.25, 0.3) is 0 Å². The molecule has 0 bridgehead atoms. The van der Waals surface area contributed by atoms with Crippen LogP contribution in [0.3, 0.4) is 0 Å². The Morgan fingerprint density at radius 1 is 1.86 bits per heavy atom. The zero-order valence-electron chi connectivity index (χ0n) is 4.64. The van der Waals surface area contributed by atoms with Crippen LogP contribution in [0.2, 0.25) is 0 Å². The van der Waals surface area contributed by atoms with Crippen molar-refractivity contribution in [2.75, 3.05) is 0 Å². The van der Waals surface area contributed by atoms with Crippen LogP contribution in [0.5, 0.6) is 0 Å². The van der Waals surface area contributed by atoms with Gasteiger partial charge in [-0.3, -0.25) is 0 Å². The first-order valence-corrected chi connectivity index (χ1v) is 2.20. The molecular formula is C4H10N2O. The average molecular weight is 102 g/mol. The molecule has 0 unspecified atom stereocenters. The van der Waals surface area contributed by atoms with E-state index < -0.39 is 0 Å². The van der Waals surface area contributed by atoms with E-state index in [0.717, 1.165) is 12.1 Å². The third-order valence-corrected chi connectivity index (χ3v) is 0.720. The highest BCUT2D eigenvalue weighted by atomic mass is 16.7. The molecule has 7 heavy (non-hydrogen) atoms. The fourth-order valence-corrected chi connectivity index (χ4v) is 0.155. The Hall–Kier alpha value is -0.570. The first-order valence-electron chi connectivity index (χ1n) is 2.20. The highest BCUT2D eigenvalue weighted by Gasteiger charge is 1.80. The zero-order chi connectivity index (χ0) is 5.70. The van der Waals surface area contributed by atoms with Crippen molar-refractivity contribution >= 4 is 5.71 Å². The molecule has 0 aliphatic heterocycles. The molecular weight excluding hydrogens is 92.1 g/mol. The minimum Gasteiger partial charge on any atom is -0.303 e. The van der Waals surface area contributed by atoms with E-state index in [9.17, 15) is 0 Å². The van der Waals surface area contributed by atoms with Crippen LogP contribution in [0.15, 0.2) is 5.16 Å². The van der Waals surface area contributed by atoms with Crippen LogP contribution in [-0.4, -0.2) is 5.71 Å². The average Bonchev–Trinajstić information content (AvgIpc) is 1.68. The van der Waals surface area contributed by atoms with Gasteiger partial charge in [-0.05, 0) is 13.3 Å². The summed E-state index contributed by atoms with van der Waals surface area (Å²) >= 11 is 0. The van der Waals surface area contributed by atoms with Crippen molar-refractivity contribution in [3.8, 4) is 0 Å². The molecule has 2 N–H and O–H groups in total. The zero-order valence-corrected chi connectivity index (χ0v) is 4.64. The van der Waals surface area contributed by atoms with Crippen molar-refractivity contribution in [1.82, 2.24) is 0 Å². The molecule has 0 rings (SSSR count). The first-order chi connectivity index (χ1) is 3.31. The largest absolute Gasteiger partial charge is 0.303 e. The van der Waals surface area contributed by atoms with Gasteiger partial charge in [0.05, 0.1) is 5.71 Å². The van der Waals surface area contributed by atoms with Gasteiger partial charge in [0.25, 0.3) is 0 Å². The van der Waals surface area contributed by atoms with Gasteiger partial charge in [0.15, 0.2) is 0 Å². The molecule has 0 spiro atoms. The smallest absolute Gasteiger partial charge is 0.0563 e. The Balaban J connectivity index is 3.29. The minimum atomic E-state index is 0.886. The van der Waals surface area contributed by atoms with E-state index in [-0.39, 0.29) is 0 Å². The molecule has 0 aromatic heterocycles. The van der Waals surface area contributed by atoms with E-state index in [1.54, 1.807) is 0 Å². The molecule has 0 amide bonds. The summed E-state index contributed by atoms with van der Waals surface area (Å²) in [6, 6.07) is 0. The van der Waals surface area contributed by atoms with Crippen LogP contribution in [0.4, 0.5) is 0 Å². The summed E-state index contributed by atoms with van der Waals surface area (Å²) in [5.41, 5.74) is 0.905. The van der Waals surface area contributed by atoms with Crippen molar-refractivity contribution in [3.05, 3.63) is 0 Å². The lowest BCUT2D eigenvalue weighted by Gasteiger charge is -1.87. The number of rotatable bonds is 2. The number of nitrogens with two attached hydrogens (primary N) is 1. The van der Waals surface area contributed by atoms with E-state index in [1.165, 1.54) is 0 Å². The summed E-state index contributed by atoms with van der Waals surface area (Å²) in [4.78, 5) is 3.98. The van der Waals surface area contributed by atoms with Crippen molar-refractivity contribution < 1.29 is 4.94 Å². The lowest BCUT2D eigenvalue weighted by Crippen LogP contribution is -1.95. The molecule has 42 valence electrons. The van der Waals surface area contributed by atoms with E-state index in [2.05, 4.69) is 16.0 Å². The molecule has 0 radical (unpaired) electrons. The quantitative estimate of drug-likeness (QED) is 0.411. The van der Waals surface area contributed by atoms with Crippen molar-refractivity contribution in [2.24, 2.45) is 11.1 Å². The van der Waals surface area contributed by atoms with E-state index >= 15 is 0 Å². The molecule has 0 saturated carbocycles. The minimum absolute atomic E-state index is 0.886. The Morgan fingerprint density at radius 3 is 2.57 bits per heavy atom. The third-order valence-electron chi connectivity index (χ3n) is 0.720. The normalized spacial score (nSPS) is 11.6. The summed E-state index contributed by atoms with van der Waals surface area (Å²) in [6.45, 7) is 3.84. The van der Waals surface area contributed by atoms with Crippen molar-refractivity contribution in [3.63, 3.8) is 0 Å². The highest BCUT2D eigenvalue weighted by molar-refractivity contribution is 5.80. The molecule has 0 aliphatic rings. The standard InChI is InChI=1S/C4H10N2O/c1-3-4(2)6-7-5/h3,5H2,1-2H3. The fraction of sp³-hybridized carbons (Fsp3) is 0.750. The van der Waals surface area contributed by atoms with Gasteiger partial charge >= 0.3 is 0 Å². The first kappa shape index (κ1) is 6.43. The summed E-state index contributed by atoms with van der Waals surface area (Å²) in [6.07, 6.45) is 0.886. The predicted octanol–water partition coefficient (Wildman–Crippen LogP) is 0.663. The number of hydrogen-bond donors (Lipinski definition) is 1. The molecule has 0 fully saturated rings. The van der Waals surface area contributed by atoms with Crippen molar-refractivity contribution in [2.45, 2.75) is 20.3 Å². The van der Waals surface area contributed by atoms with Gasteiger partial charge in [0.1, 0.15) is 0 Å².